The number of amides is 1. The summed E-state index contributed by atoms with van der Waals surface area (Å²) in [4.78, 5) is 23.3. The predicted octanol–water partition coefficient (Wildman–Crippen LogP) is 2.11. The van der Waals surface area contributed by atoms with Gasteiger partial charge in [0.15, 0.2) is 6.61 Å². The first-order valence-electron chi connectivity index (χ1n) is 5.64. The van der Waals surface area contributed by atoms with Gasteiger partial charge in [-0.05, 0) is 22.0 Å². The molecule has 0 aliphatic carbocycles. The van der Waals surface area contributed by atoms with Crippen LogP contribution in [0.15, 0.2) is 22.7 Å². The Morgan fingerprint density at radius 1 is 1.60 bits per heavy atom. The molecule has 20 heavy (non-hydrogen) atoms. The molecule has 106 valence electrons. The fourth-order valence-electron chi connectivity index (χ4n) is 1.37. The van der Waals surface area contributed by atoms with Crippen molar-refractivity contribution in [3.05, 3.63) is 32.8 Å². The van der Waals surface area contributed by atoms with Gasteiger partial charge in [-0.1, -0.05) is 6.07 Å². The third-order valence-corrected chi connectivity index (χ3v) is 3.09. The largest absolute Gasteiger partial charge is 0.476 e. The van der Waals surface area contributed by atoms with Gasteiger partial charge in [-0.25, -0.2) is 0 Å². The zero-order valence-corrected chi connectivity index (χ0v) is 12.3. The summed E-state index contributed by atoms with van der Waals surface area (Å²) in [6.07, 6.45) is 0.220. The van der Waals surface area contributed by atoms with Crippen LogP contribution in [0.5, 0.6) is 5.75 Å². The molecule has 0 aliphatic heterocycles. The van der Waals surface area contributed by atoms with E-state index in [2.05, 4.69) is 15.9 Å². The van der Waals surface area contributed by atoms with Gasteiger partial charge in [0.2, 0.25) is 5.75 Å². The zero-order chi connectivity index (χ0) is 15.1. The van der Waals surface area contributed by atoms with Crippen molar-refractivity contribution < 1.29 is 14.5 Å². The molecular formula is C12H12BrN3O4. The van der Waals surface area contributed by atoms with Gasteiger partial charge in [0.05, 0.1) is 21.9 Å². The molecule has 1 rings (SSSR count). The summed E-state index contributed by atoms with van der Waals surface area (Å²) < 4.78 is 5.63. The Kier molecular flexibility index (Phi) is 5.93. The van der Waals surface area contributed by atoms with Crippen molar-refractivity contribution in [3.8, 4) is 11.8 Å². The number of nitro benzene ring substituents is 1. The van der Waals surface area contributed by atoms with Gasteiger partial charge in [-0.15, -0.1) is 0 Å². The first kappa shape index (κ1) is 15.9. The smallest absolute Gasteiger partial charge is 0.312 e. The van der Waals surface area contributed by atoms with Crippen LogP contribution >= 0.6 is 15.9 Å². The van der Waals surface area contributed by atoms with Crippen LogP contribution in [0, 0.1) is 21.4 Å². The molecule has 0 radical (unpaired) electrons. The Labute approximate surface area is 124 Å². The van der Waals surface area contributed by atoms with E-state index in [0.717, 1.165) is 0 Å². The van der Waals surface area contributed by atoms with E-state index in [1.807, 2.05) is 6.07 Å². The second-order valence-electron chi connectivity index (χ2n) is 3.86. The topological polar surface area (TPSA) is 96.5 Å². The van der Waals surface area contributed by atoms with E-state index in [9.17, 15) is 14.9 Å². The number of carbonyl (C=O) groups excluding carboxylic acids is 1. The molecule has 0 spiro atoms. The van der Waals surface area contributed by atoms with Gasteiger partial charge in [0.1, 0.15) is 0 Å². The van der Waals surface area contributed by atoms with Gasteiger partial charge in [0.25, 0.3) is 5.91 Å². The van der Waals surface area contributed by atoms with Crippen molar-refractivity contribution in [1.29, 1.82) is 5.26 Å². The number of halogens is 1. The number of ether oxygens (including phenoxy) is 1. The van der Waals surface area contributed by atoms with Crippen molar-refractivity contribution in [2.24, 2.45) is 0 Å². The summed E-state index contributed by atoms with van der Waals surface area (Å²) in [5, 5.41) is 19.3. The van der Waals surface area contributed by atoms with Crippen molar-refractivity contribution in [2.45, 2.75) is 6.42 Å². The number of hydrogen-bond donors (Lipinski definition) is 0. The molecule has 8 heteroatoms. The molecule has 0 N–H and O–H groups in total. The third kappa shape index (κ3) is 4.20. The monoisotopic (exact) mass is 341 g/mol. The van der Waals surface area contributed by atoms with E-state index in [0.29, 0.717) is 4.47 Å². The summed E-state index contributed by atoms with van der Waals surface area (Å²) in [7, 11) is 1.54. The average molecular weight is 342 g/mol. The van der Waals surface area contributed by atoms with Gasteiger partial charge in [-0.3, -0.25) is 14.9 Å². The normalized spacial score (nSPS) is 9.65. The van der Waals surface area contributed by atoms with Gasteiger partial charge < -0.3 is 9.64 Å². The molecule has 0 saturated heterocycles. The molecule has 0 saturated carbocycles. The lowest BCUT2D eigenvalue weighted by molar-refractivity contribution is -0.385. The fourth-order valence-corrected chi connectivity index (χ4v) is 1.84. The number of nitriles is 1. The molecule has 0 unspecified atom stereocenters. The molecule has 0 atom stereocenters. The van der Waals surface area contributed by atoms with Crippen LogP contribution in [0.25, 0.3) is 0 Å². The highest BCUT2D eigenvalue weighted by Gasteiger charge is 2.19. The van der Waals surface area contributed by atoms with E-state index in [-0.39, 0.29) is 36.9 Å². The van der Waals surface area contributed by atoms with Gasteiger partial charge in [-0.2, -0.15) is 5.26 Å². The Bertz CT molecular complexity index is 556. The maximum atomic E-state index is 11.7. The van der Waals surface area contributed by atoms with Crippen LogP contribution in [0.3, 0.4) is 0 Å². The lowest BCUT2D eigenvalue weighted by Gasteiger charge is -2.16. The van der Waals surface area contributed by atoms with Gasteiger partial charge in [0, 0.05) is 19.7 Å². The van der Waals surface area contributed by atoms with E-state index >= 15 is 0 Å². The Morgan fingerprint density at radius 2 is 2.30 bits per heavy atom. The molecule has 7 nitrogen and oxygen atoms in total. The molecule has 0 aromatic heterocycles. The quantitative estimate of drug-likeness (QED) is 0.583. The molecule has 1 aromatic rings. The molecule has 0 fully saturated rings. The fraction of sp³-hybridized carbons (Fsp3) is 0.333. The van der Waals surface area contributed by atoms with E-state index in [4.69, 9.17) is 10.00 Å². The highest BCUT2D eigenvalue weighted by Crippen LogP contribution is 2.34. The summed E-state index contributed by atoms with van der Waals surface area (Å²) in [6.45, 7) is -0.0396. The van der Waals surface area contributed by atoms with E-state index in [1.54, 1.807) is 6.07 Å². The minimum atomic E-state index is -0.579. The predicted molar refractivity (Wildman–Crippen MR) is 74.2 cm³/mol. The lowest BCUT2D eigenvalue weighted by atomic mass is 10.3. The second kappa shape index (κ2) is 7.45. The van der Waals surface area contributed by atoms with E-state index < -0.39 is 4.92 Å². The lowest BCUT2D eigenvalue weighted by Crippen LogP contribution is -2.32. The molecule has 0 heterocycles. The number of para-hydroxylation sites is 1. The highest BCUT2D eigenvalue weighted by molar-refractivity contribution is 9.10. The molecule has 1 aromatic carbocycles. The SMILES string of the molecule is CN(CCC#N)C(=O)COc1c(Br)cccc1[N+](=O)[O-]. The van der Waals surface area contributed by atoms with Crippen LogP contribution in [0.4, 0.5) is 5.69 Å². The number of rotatable bonds is 6. The highest BCUT2D eigenvalue weighted by atomic mass is 79.9. The van der Waals surface area contributed by atoms with Crippen LogP contribution in [-0.4, -0.2) is 35.9 Å². The minimum Gasteiger partial charge on any atom is -0.476 e. The summed E-state index contributed by atoms with van der Waals surface area (Å²) in [5.41, 5.74) is -0.216. The number of hydrogen-bond acceptors (Lipinski definition) is 5. The number of carbonyl (C=O) groups is 1. The van der Waals surface area contributed by atoms with Crippen LogP contribution < -0.4 is 4.74 Å². The number of nitrogens with zero attached hydrogens (tertiary/aromatic N) is 3. The van der Waals surface area contributed by atoms with Gasteiger partial charge >= 0.3 is 5.69 Å². The standard InChI is InChI=1S/C12H12BrN3O4/c1-15(7-3-6-14)11(17)8-20-12-9(13)4-2-5-10(12)16(18)19/h2,4-5H,3,7-8H2,1H3. The maximum absolute atomic E-state index is 11.7. The Hall–Kier alpha value is -2.14. The average Bonchev–Trinajstić information content (AvgIpc) is 2.42. The summed E-state index contributed by atoms with van der Waals surface area (Å²) in [6, 6.07) is 6.32. The molecule has 1 amide bonds. The van der Waals surface area contributed by atoms with Crippen molar-refractivity contribution >= 4 is 27.5 Å². The summed E-state index contributed by atoms with van der Waals surface area (Å²) >= 11 is 3.15. The Morgan fingerprint density at radius 3 is 2.90 bits per heavy atom. The zero-order valence-electron chi connectivity index (χ0n) is 10.7. The first-order chi connectivity index (χ1) is 9.47. The number of nitro groups is 1. The summed E-state index contributed by atoms with van der Waals surface area (Å²) in [5.74, 6) is -0.343. The number of likely N-dealkylation sites (N-methyl/N-ethyl adjacent to an activating group) is 1. The second-order valence-corrected chi connectivity index (χ2v) is 4.71. The van der Waals surface area contributed by atoms with Crippen molar-refractivity contribution in [3.63, 3.8) is 0 Å². The van der Waals surface area contributed by atoms with Crippen LogP contribution in [0.1, 0.15) is 6.42 Å². The van der Waals surface area contributed by atoms with Crippen LogP contribution in [-0.2, 0) is 4.79 Å². The Balaban J connectivity index is 2.73. The minimum absolute atomic E-state index is 0.0135. The van der Waals surface area contributed by atoms with Crippen molar-refractivity contribution in [1.82, 2.24) is 4.90 Å². The van der Waals surface area contributed by atoms with E-state index in [1.165, 1.54) is 24.1 Å². The number of benzene rings is 1. The van der Waals surface area contributed by atoms with Crippen LogP contribution in [0.2, 0.25) is 0 Å². The third-order valence-electron chi connectivity index (χ3n) is 2.47. The molecular weight excluding hydrogens is 330 g/mol. The maximum Gasteiger partial charge on any atom is 0.312 e. The molecule has 0 bridgehead atoms. The first-order valence-corrected chi connectivity index (χ1v) is 6.43. The van der Waals surface area contributed by atoms with Crippen molar-refractivity contribution in [2.75, 3.05) is 20.2 Å². The molecule has 0 aliphatic rings.